The first-order valence-electron chi connectivity index (χ1n) is 7.92. The van der Waals surface area contributed by atoms with Gasteiger partial charge in [-0.1, -0.05) is 38.1 Å². The summed E-state index contributed by atoms with van der Waals surface area (Å²) < 4.78 is 13.3. The minimum absolute atomic E-state index is 0.0724. The van der Waals surface area contributed by atoms with E-state index < -0.39 is 11.9 Å². The average molecular weight is 326 g/mol. The molecule has 0 fully saturated rings. The number of rotatable bonds is 4. The Bertz CT molecular complexity index is 788. The van der Waals surface area contributed by atoms with Crippen LogP contribution >= 0.6 is 0 Å². The van der Waals surface area contributed by atoms with Gasteiger partial charge >= 0.3 is 0 Å². The number of hydrogen-bond acceptors (Lipinski definition) is 2. The van der Waals surface area contributed by atoms with Crippen LogP contribution in [0, 0.1) is 11.7 Å². The largest absolute Gasteiger partial charge is 0.324 e. The molecule has 0 aromatic heterocycles. The molecule has 2 aromatic rings. The first kappa shape index (κ1) is 16.2. The van der Waals surface area contributed by atoms with E-state index >= 15 is 0 Å². The molecular weight excluding hydrogens is 307 g/mol. The average Bonchev–Trinajstić information content (AvgIpc) is 2.84. The number of halogens is 1. The first-order valence-corrected chi connectivity index (χ1v) is 7.92. The van der Waals surface area contributed by atoms with Gasteiger partial charge in [0, 0.05) is 17.8 Å². The standard InChI is InChI=1S/C19H19FN2O2/c1-12(2)17(18(23)21-15-8-5-7-14(20)10-15)22-11-13-6-3-4-9-16(13)19(22)24/h3-10,12,17H,11H2,1-2H3,(H,21,23)/t17-/m1/s1. The lowest BCUT2D eigenvalue weighted by Gasteiger charge is -2.29. The molecule has 124 valence electrons. The fraction of sp³-hybridized carbons (Fsp3) is 0.263. The third-order valence-electron chi connectivity index (χ3n) is 4.18. The van der Waals surface area contributed by atoms with Crippen LogP contribution in [0.1, 0.15) is 29.8 Å². The van der Waals surface area contributed by atoms with E-state index in [1.54, 1.807) is 17.0 Å². The molecule has 24 heavy (non-hydrogen) atoms. The van der Waals surface area contributed by atoms with E-state index in [2.05, 4.69) is 5.32 Å². The van der Waals surface area contributed by atoms with E-state index in [4.69, 9.17) is 0 Å². The fourth-order valence-electron chi connectivity index (χ4n) is 3.09. The number of fused-ring (bicyclic) bond motifs is 1. The molecule has 5 heteroatoms. The quantitative estimate of drug-likeness (QED) is 0.935. The van der Waals surface area contributed by atoms with Crippen LogP contribution < -0.4 is 5.32 Å². The zero-order valence-corrected chi connectivity index (χ0v) is 13.6. The van der Waals surface area contributed by atoms with Crippen molar-refractivity contribution in [3.05, 3.63) is 65.5 Å². The molecule has 0 radical (unpaired) electrons. The lowest BCUT2D eigenvalue weighted by atomic mass is 10.0. The third-order valence-corrected chi connectivity index (χ3v) is 4.18. The van der Waals surface area contributed by atoms with Gasteiger partial charge in [0.1, 0.15) is 11.9 Å². The van der Waals surface area contributed by atoms with Gasteiger partial charge in [0.2, 0.25) is 5.91 Å². The number of benzene rings is 2. The Morgan fingerprint density at radius 1 is 1.17 bits per heavy atom. The maximum atomic E-state index is 13.3. The highest BCUT2D eigenvalue weighted by molar-refractivity contribution is 6.03. The van der Waals surface area contributed by atoms with Crippen molar-refractivity contribution in [1.82, 2.24) is 4.90 Å². The van der Waals surface area contributed by atoms with Gasteiger partial charge in [-0.05, 0) is 35.7 Å². The molecule has 1 aliphatic rings. The molecule has 1 heterocycles. The van der Waals surface area contributed by atoms with Crippen LogP contribution in [-0.2, 0) is 11.3 Å². The van der Waals surface area contributed by atoms with E-state index in [1.165, 1.54) is 18.2 Å². The van der Waals surface area contributed by atoms with Gasteiger partial charge in [-0.25, -0.2) is 4.39 Å². The van der Waals surface area contributed by atoms with Gasteiger partial charge in [0.15, 0.2) is 0 Å². The summed E-state index contributed by atoms with van der Waals surface area (Å²) in [6, 6.07) is 12.5. The molecule has 0 saturated heterocycles. The first-order chi connectivity index (χ1) is 11.5. The zero-order valence-electron chi connectivity index (χ0n) is 13.6. The lowest BCUT2D eigenvalue weighted by molar-refractivity contribution is -0.122. The molecule has 1 atom stereocenters. The van der Waals surface area contributed by atoms with Gasteiger partial charge in [-0.3, -0.25) is 9.59 Å². The smallest absolute Gasteiger partial charge is 0.255 e. The normalized spacial score (nSPS) is 14.7. The van der Waals surface area contributed by atoms with E-state index in [-0.39, 0.29) is 17.7 Å². The summed E-state index contributed by atoms with van der Waals surface area (Å²) in [5.74, 6) is -0.939. The van der Waals surface area contributed by atoms with Crippen molar-refractivity contribution >= 4 is 17.5 Å². The van der Waals surface area contributed by atoms with E-state index in [0.717, 1.165) is 5.56 Å². The van der Waals surface area contributed by atoms with Crippen molar-refractivity contribution in [3.8, 4) is 0 Å². The Kier molecular flexibility index (Phi) is 4.34. The SMILES string of the molecule is CC(C)[C@H](C(=O)Nc1cccc(F)c1)N1Cc2ccccc2C1=O. The molecule has 0 bridgehead atoms. The predicted molar refractivity (Wildman–Crippen MR) is 90.0 cm³/mol. The number of nitrogens with one attached hydrogen (secondary N) is 1. The molecule has 4 nitrogen and oxygen atoms in total. The summed E-state index contributed by atoms with van der Waals surface area (Å²) in [7, 11) is 0. The number of amides is 2. The lowest BCUT2D eigenvalue weighted by Crippen LogP contribution is -2.47. The minimum atomic E-state index is -0.617. The van der Waals surface area contributed by atoms with Crippen LogP contribution in [0.15, 0.2) is 48.5 Å². The maximum absolute atomic E-state index is 13.3. The van der Waals surface area contributed by atoms with Gasteiger partial charge in [-0.15, -0.1) is 0 Å². The Hall–Kier alpha value is -2.69. The molecule has 0 saturated carbocycles. The number of anilines is 1. The molecule has 2 aromatic carbocycles. The van der Waals surface area contributed by atoms with Crippen LogP contribution in [0.25, 0.3) is 0 Å². The number of carbonyl (C=O) groups is 2. The Morgan fingerprint density at radius 3 is 2.58 bits per heavy atom. The minimum Gasteiger partial charge on any atom is -0.324 e. The van der Waals surface area contributed by atoms with Crippen LogP contribution in [0.5, 0.6) is 0 Å². The summed E-state index contributed by atoms with van der Waals surface area (Å²) in [6.07, 6.45) is 0. The summed E-state index contributed by atoms with van der Waals surface area (Å²) >= 11 is 0. The van der Waals surface area contributed by atoms with Crippen molar-refractivity contribution in [2.75, 3.05) is 5.32 Å². The van der Waals surface area contributed by atoms with Crippen molar-refractivity contribution < 1.29 is 14.0 Å². The highest BCUT2D eigenvalue weighted by atomic mass is 19.1. The van der Waals surface area contributed by atoms with Gasteiger partial charge in [0.25, 0.3) is 5.91 Å². The number of hydrogen-bond donors (Lipinski definition) is 1. The van der Waals surface area contributed by atoms with Crippen LogP contribution in [0.3, 0.4) is 0 Å². The maximum Gasteiger partial charge on any atom is 0.255 e. The molecule has 0 aliphatic carbocycles. The highest BCUT2D eigenvalue weighted by Crippen LogP contribution is 2.27. The second-order valence-corrected chi connectivity index (χ2v) is 6.28. The third kappa shape index (κ3) is 3.02. The van der Waals surface area contributed by atoms with Crippen LogP contribution in [-0.4, -0.2) is 22.8 Å². The van der Waals surface area contributed by atoms with Gasteiger partial charge in [0.05, 0.1) is 0 Å². The second kappa shape index (κ2) is 6.43. The van der Waals surface area contributed by atoms with E-state index in [0.29, 0.717) is 17.8 Å². The Labute approximate surface area is 140 Å². The van der Waals surface area contributed by atoms with E-state index in [9.17, 15) is 14.0 Å². The number of nitrogens with zero attached hydrogens (tertiary/aromatic N) is 1. The predicted octanol–water partition coefficient (Wildman–Crippen LogP) is 3.44. The fourth-order valence-corrected chi connectivity index (χ4v) is 3.09. The summed E-state index contributed by atoms with van der Waals surface area (Å²) in [5, 5.41) is 2.72. The van der Waals surface area contributed by atoms with E-state index in [1.807, 2.05) is 32.0 Å². The molecule has 0 unspecified atom stereocenters. The van der Waals surface area contributed by atoms with Gasteiger partial charge < -0.3 is 10.2 Å². The monoisotopic (exact) mass is 326 g/mol. The molecule has 2 amide bonds. The van der Waals surface area contributed by atoms with Crippen LogP contribution in [0.2, 0.25) is 0 Å². The highest BCUT2D eigenvalue weighted by Gasteiger charge is 2.37. The topological polar surface area (TPSA) is 49.4 Å². The Balaban J connectivity index is 1.83. The second-order valence-electron chi connectivity index (χ2n) is 6.28. The van der Waals surface area contributed by atoms with Crippen molar-refractivity contribution in [3.63, 3.8) is 0 Å². The molecular formula is C19H19FN2O2. The Morgan fingerprint density at radius 2 is 1.92 bits per heavy atom. The zero-order chi connectivity index (χ0) is 17.3. The van der Waals surface area contributed by atoms with Crippen LogP contribution in [0.4, 0.5) is 10.1 Å². The van der Waals surface area contributed by atoms with Gasteiger partial charge in [-0.2, -0.15) is 0 Å². The van der Waals surface area contributed by atoms with Crippen molar-refractivity contribution in [2.45, 2.75) is 26.4 Å². The summed E-state index contributed by atoms with van der Waals surface area (Å²) in [5.41, 5.74) is 1.95. The molecule has 3 rings (SSSR count). The molecule has 1 N–H and O–H groups in total. The molecule has 1 aliphatic heterocycles. The summed E-state index contributed by atoms with van der Waals surface area (Å²) in [4.78, 5) is 26.9. The number of carbonyl (C=O) groups excluding carboxylic acids is 2. The molecule has 0 spiro atoms. The van der Waals surface area contributed by atoms with Crippen molar-refractivity contribution in [1.29, 1.82) is 0 Å². The summed E-state index contributed by atoms with van der Waals surface area (Å²) in [6.45, 7) is 4.20. The van der Waals surface area contributed by atoms with Crippen molar-refractivity contribution in [2.24, 2.45) is 5.92 Å².